The minimum Gasteiger partial charge on any atom is -0.394 e. The summed E-state index contributed by atoms with van der Waals surface area (Å²) in [5, 5.41) is 48.0. The van der Waals surface area contributed by atoms with Crippen molar-refractivity contribution in [1.82, 2.24) is 0 Å². The van der Waals surface area contributed by atoms with Crippen LogP contribution < -0.4 is 0 Å². The van der Waals surface area contributed by atoms with Crippen molar-refractivity contribution in [3.05, 3.63) is 35.9 Å². The molecule has 0 radical (unpaired) electrons. The summed E-state index contributed by atoms with van der Waals surface area (Å²) >= 11 is 0. The van der Waals surface area contributed by atoms with Gasteiger partial charge in [0.25, 0.3) is 0 Å². The van der Waals surface area contributed by atoms with E-state index < -0.39 is 43.4 Å². The molecule has 1 aliphatic heterocycles. The predicted molar refractivity (Wildman–Crippen MR) is 71.1 cm³/mol. The Bertz CT molecular complexity index is 425. The van der Waals surface area contributed by atoms with Crippen LogP contribution in [0.3, 0.4) is 0 Å². The molecule has 1 saturated heterocycles. The van der Waals surface area contributed by atoms with Crippen LogP contribution in [-0.4, -0.2) is 69.5 Å². The molecule has 118 valence electrons. The number of benzene rings is 1. The average molecular weight is 300 g/mol. The Morgan fingerprint density at radius 1 is 1.05 bits per heavy atom. The van der Waals surface area contributed by atoms with E-state index in [2.05, 4.69) is 0 Å². The lowest BCUT2D eigenvalue weighted by Gasteiger charge is -2.39. The van der Waals surface area contributed by atoms with Crippen molar-refractivity contribution in [1.29, 1.82) is 0 Å². The van der Waals surface area contributed by atoms with E-state index >= 15 is 0 Å². The molecule has 0 saturated carbocycles. The maximum absolute atomic E-state index is 9.95. The van der Waals surface area contributed by atoms with Crippen molar-refractivity contribution >= 4 is 0 Å². The highest BCUT2D eigenvalue weighted by molar-refractivity contribution is 5.17. The third-order valence-electron chi connectivity index (χ3n) is 3.45. The summed E-state index contributed by atoms with van der Waals surface area (Å²) in [6.45, 7) is -0.682. The molecule has 1 heterocycles. The van der Waals surface area contributed by atoms with Gasteiger partial charge in [0.15, 0.2) is 6.29 Å². The Hall–Kier alpha value is -1.06. The monoisotopic (exact) mass is 300 g/mol. The number of aliphatic hydroxyl groups is 5. The third-order valence-corrected chi connectivity index (χ3v) is 3.45. The zero-order valence-corrected chi connectivity index (χ0v) is 11.3. The van der Waals surface area contributed by atoms with Crippen molar-refractivity contribution in [3.63, 3.8) is 0 Å². The van der Waals surface area contributed by atoms with E-state index in [0.717, 1.165) is 0 Å². The van der Waals surface area contributed by atoms with Gasteiger partial charge in [-0.1, -0.05) is 30.3 Å². The molecule has 0 unspecified atom stereocenters. The summed E-state index contributed by atoms with van der Waals surface area (Å²) in [6.07, 6.45) is -7.57. The maximum Gasteiger partial charge on any atom is 0.186 e. The molecule has 1 fully saturated rings. The van der Waals surface area contributed by atoms with Gasteiger partial charge in [-0.15, -0.1) is 0 Å². The second kappa shape index (κ2) is 7.28. The highest BCUT2D eigenvalue weighted by Gasteiger charge is 2.44. The molecule has 0 bridgehead atoms. The average Bonchev–Trinajstić information content (AvgIpc) is 2.52. The van der Waals surface area contributed by atoms with Gasteiger partial charge >= 0.3 is 0 Å². The molecule has 1 aromatic rings. The Morgan fingerprint density at radius 2 is 1.71 bits per heavy atom. The zero-order chi connectivity index (χ0) is 15.4. The highest BCUT2D eigenvalue weighted by Crippen LogP contribution is 2.23. The van der Waals surface area contributed by atoms with E-state index in [1.165, 1.54) is 0 Å². The quantitative estimate of drug-likeness (QED) is 0.450. The molecule has 21 heavy (non-hydrogen) atoms. The maximum atomic E-state index is 9.95. The number of ether oxygens (including phenoxy) is 2. The first kappa shape index (κ1) is 16.3. The van der Waals surface area contributed by atoms with E-state index in [-0.39, 0.29) is 6.61 Å². The van der Waals surface area contributed by atoms with Gasteiger partial charge in [-0.05, 0) is 5.56 Å². The lowest BCUT2D eigenvalue weighted by Crippen LogP contribution is -2.59. The highest BCUT2D eigenvalue weighted by atomic mass is 16.7. The van der Waals surface area contributed by atoms with Gasteiger partial charge in [-0.2, -0.15) is 0 Å². The van der Waals surface area contributed by atoms with Crippen LogP contribution in [0.2, 0.25) is 0 Å². The Kier molecular flexibility index (Phi) is 5.65. The predicted octanol–water partition coefficient (Wildman–Crippen LogP) is -1.46. The van der Waals surface area contributed by atoms with Gasteiger partial charge in [0, 0.05) is 0 Å². The fourth-order valence-electron chi connectivity index (χ4n) is 2.16. The van der Waals surface area contributed by atoms with Gasteiger partial charge in [0.2, 0.25) is 0 Å². The second-order valence-corrected chi connectivity index (χ2v) is 4.96. The SMILES string of the molecule is OC[C@H]1O[C@@H](OC[C@@H](O)c2ccccc2)[C@H](O)[C@@H](O)[C@@H]1O. The molecule has 2 rings (SSSR count). The molecule has 7 nitrogen and oxygen atoms in total. The van der Waals surface area contributed by atoms with Crippen LogP contribution in [0.1, 0.15) is 11.7 Å². The fraction of sp³-hybridized carbons (Fsp3) is 0.571. The number of hydrogen-bond acceptors (Lipinski definition) is 7. The molecule has 6 atom stereocenters. The summed E-state index contributed by atoms with van der Waals surface area (Å²) in [5.41, 5.74) is 0.641. The summed E-state index contributed by atoms with van der Waals surface area (Å²) in [5.74, 6) is 0. The van der Waals surface area contributed by atoms with Gasteiger partial charge in [-0.25, -0.2) is 0 Å². The summed E-state index contributed by atoms with van der Waals surface area (Å²) in [6, 6.07) is 8.80. The van der Waals surface area contributed by atoms with Gasteiger partial charge in [0.1, 0.15) is 30.5 Å². The summed E-state index contributed by atoms with van der Waals surface area (Å²) < 4.78 is 10.4. The van der Waals surface area contributed by atoms with Crippen LogP contribution in [-0.2, 0) is 9.47 Å². The van der Waals surface area contributed by atoms with Crippen molar-refractivity contribution in [2.24, 2.45) is 0 Å². The largest absolute Gasteiger partial charge is 0.394 e. The van der Waals surface area contributed by atoms with Gasteiger partial charge in [0.05, 0.1) is 13.2 Å². The van der Waals surface area contributed by atoms with Crippen LogP contribution in [0.5, 0.6) is 0 Å². The van der Waals surface area contributed by atoms with E-state index in [1.807, 2.05) is 6.07 Å². The number of aliphatic hydroxyl groups excluding tert-OH is 5. The van der Waals surface area contributed by atoms with Gasteiger partial charge in [-0.3, -0.25) is 0 Å². The molecule has 0 aliphatic carbocycles. The van der Waals surface area contributed by atoms with Crippen molar-refractivity contribution in [2.45, 2.75) is 36.8 Å². The minimum absolute atomic E-state index is 0.160. The van der Waals surface area contributed by atoms with Crippen LogP contribution in [0.25, 0.3) is 0 Å². The lowest BCUT2D eigenvalue weighted by atomic mass is 9.99. The van der Waals surface area contributed by atoms with E-state index in [4.69, 9.17) is 14.6 Å². The molecular formula is C14H20O7. The number of hydrogen-bond donors (Lipinski definition) is 5. The standard InChI is InChI=1S/C14H20O7/c15-6-10-11(17)12(18)13(19)14(21-10)20-7-9(16)8-4-2-1-3-5-8/h1-5,9-19H,6-7H2/t9-,10-,11-,12+,13-,14-/m1/s1. The van der Waals surface area contributed by atoms with E-state index in [1.54, 1.807) is 24.3 Å². The zero-order valence-electron chi connectivity index (χ0n) is 11.3. The van der Waals surface area contributed by atoms with Crippen LogP contribution in [0.4, 0.5) is 0 Å². The second-order valence-electron chi connectivity index (χ2n) is 4.96. The molecule has 0 spiro atoms. The molecule has 1 aromatic carbocycles. The smallest absolute Gasteiger partial charge is 0.186 e. The Balaban J connectivity index is 1.93. The first-order valence-electron chi connectivity index (χ1n) is 6.69. The van der Waals surface area contributed by atoms with E-state index in [9.17, 15) is 20.4 Å². The number of rotatable bonds is 5. The Labute approximate surface area is 122 Å². The Morgan fingerprint density at radius 3 is 2.33 bits per heavy atom. The molecule has 7 heteroatoms. The normalized spacial score (nSPS) is 34.6. The van der Waals surface area contributed by atoms with Crippen LogP contribution in [0.15, 0.2) is 30.3 Å². The summed E-state index contributed by atoms with van der Waals surface area (Å²) in [7, 11) is 0. The molecular weight excluding hydrogens is 280 g/mol. The van der Waals surface area contributed by atoms with Crippen molar-refractivity contribution in [2.75, 3.05) is 13.2 Å². The fourth-order valence-corrected chi connectivity index (χ4v) is 2.16. The van der Waals surface area contributed by atoms with Crippen molar-refractivity contribution in [3.8, 4) is 0 Å². The van der Waals surface area contributed by atoms with Crippen LogP contribution >= 0.6 is 0 Å². The molecule has 0 amide bonds. The lowest BCUT2D eigenvalue weighted by molar-refractivity contribution is -0.304. The molecule has 1 aliphatic rings. The van der Waals surface area contributed by atoms with Crippen LogP contribution in [0, 0.1) is 0 Å². The molecule has 0 aromatic heterocycles. The minimum atomic E-state index is -1.49. The van der Waals surface area contributed by atoms with Crippen molar-refractivity contribution < 1.29 is 35.0 Å². The third kappa shape index (κ3) is 3.78. The molecule has 5 N–H and O–H groups in total. The topological polar surface area (TPSA) is 120 Å². The van der Waals surface area contributed by atoms with Gasteiger partial charge < -0.3 is 35.0 Å². The van der Waals surface area contributed by atoms with E-state index in [0.29, 0.717) is 5.56 Å². The summed E-state index contributed by atoms with van der Waals surface area (Å²) in [4.78, 5) is 0. The first-order chi connectivity index (χ1) is 10.0. The first-order valence-corrected chi connectivity index (χ1v) is 6.69.